The van der Waals surface area contributed by atoms with Gasteiger partial charge in [-0.3, -0.25) is 9.59 Å². The number of hydrogen-bond acceptors (Lipinski definition) is 4. The van der Waals surface area contributed by atoms with Gasteiger partial charge in [-0.2, -0.15) is 10.1 Å². The monoisotopic (exact) mass is 398 g/mol. The average molecular weight is 398 g/mol. The van der Waals surface area contributed by atoms with E-state index < -0.39 is 0 Å². The first-order valence-corrected chi connectivity index (χ1v) is 10.5. The lowest BCUT2D eigenvalue weighted by Crippen LogP contribution is -2.30. The smallest absolute Gasteiger partial charge is 0.254 e. The number of benzene rings is 2. The number of ether oxygens (including phenoxy) is 1. The van der Waals surface area contributed by atoms with Crippen molar-refractivity contribution in [3.05, 3.63) is 77.9 Å². The lowest BCUT2D eigenvalue weighted by molar-refractivity contribution is -0.141. The number of nitrogens with zero attached hydrogens (tertiary/aromatic N) is 2. The highest BCUT2D eigenvalue weighted by atomic mass is 16.5. The van der Waals surface area contributed by atoms with Crippen molar-refractivity contribution in [2.75, 3.05) is 0 Å². The predicted molar refractivity (Wildman–Crippen MR) is 111 cm³/mol. The van der Waals surface area contributed by atoms with Crippen LogP contribution in [-0.2, 0) is 16.2 Å². The normalized spacial score (nSPS) is 29.9. The fraction of sp³-hybridized carbons (Fsp3) is 0.320. The zero-order valence-electron chi connectivity index (χ0n) is 16.5. The first-order chi connectivity index (χ1) is 14.7. The maximum atomic E-state index is 12.9. The topological polar surface area (TPSA) is 59.0 Å². The molecule has 1 saturated heterocycles. The molecule has 4 atom stereocenters. The molecule has 6 rings (SSSR count). The molecule has 1 spiro atoms. The summed E-state index contributed by atoms with van der Waals surface area (Å²) >= 11 is 0. The minimum atomic E-state index is -0.207. The van der Waals surface area contributed by atoms with Gasteiger partial charge in [0.1, 0.15) is 12.4 Å². The molecule has 4 aliphatic rings. The van der Waals surface area contributed by atoms with Crippen molar-refractivity contribution in [3.63, 3.8) is 0 Å². The standard InChI is InChI=1S/C25H22N2O3/c28-23-21-19-10-11-20(25(19)12-13-25)22(21)24(29)27(23)26-14-16-6-8-18(9-7-16)30-15-17-4-2-1-3-5-17/h1-11,14,19-22H,12-13,15H2. The summed E-state index contributed by atoms with van der Waals surface area (Å²) in [7, 11) is 0. The van der Waals surface area contributed by atoms with Gasteiger partial charge in [-0.15, -0.1) is 0 Å². The second-order valence-corrected chi connectivity index (χ2v) is 8.80. The van der Waals surface area contributed by atoms with Crippen LogP contribution in [0.2, 0.25) is 0 Å². The van der Waals surface area contributed by atoms with Gasteiger partial charge in [-0.25, -0.2) is 0 Å². The molecule has 1 aliphatic heterocycles. The number of fused-ring (bicyclic) bond motifs is 3. The van der Waals surface area contributed by atoms with E-state index in [1.165, 1.54) is 0 Å². The summed E-state index contributed by atoms with van der Waals surface area (Å²) in [6.07, 6.45) is 8.21. The van der Waals surface area contributed by atoms with Gasteiger partial charge in [0.15, 0.2) is 0 Å². The van der Waals surface area contributed by atoms with Crippen LogP contribution in [0.5, 0.6) is 5.75 Å². The van der Waals surface area contributed by atoms with E-state index in [2.05, 4.69) is 17.3 Å². The molecular formula is C25H22N2O3. The summed E-state index contributed by atoms with van der Waals surface area (Å²) in [5.74, 6) is 0.535. The Kier molecular flexibility index (Phi) is 3.76. The maximum absolute atomic E-state index is 12.9. The Morgan fingerprint density at radius 2 is 1.57 bits per heavy atom. The Morgan fingerprint density at radius 3 is 2.17 bits per heavy atom. The lowest BCUT2D eigenvalue weighted by atomic mass is 9.85. The summed E-state index contributed by atoms with van der Waals surface area (Å²) in [5.41, 5.74) is 2.14. The van der Waals surface area contributed by atoms with Crippen molar-refractivity contribution < 1.29 is 14.3 Å². The van der Waals surface area contributed by atoms with Crippen LogP contribution in [0.15, 0.2) is 71.9 Å². The molecule has 4 unspecified atom stereocenters. The Bertz CT molecular complexity index is 1040. The maximum Gasteiger partial charge on any atom is 0.254 e. The highest BCUT2D eigenvalue weighted by molar-refractivity contribution is 6.07. The largest absolute Gasteiger partial charge is 0.489 e. The van der Waals surface area contributed by atoms with Gasteiger partial charge in [0.05, 0.1) is 18.1 Å². The van der Waals surface area contributed by atoms with Gasteiger partial charge < -0.3 is 4.74 Å². The fourth-order valence-corrected chi connectivity index (χ4v) is 5.69. The van der Waals surface area contributed by atoms with Crippen LogP contribution in [-0.4, -0.2) is 23.0 Å². The molecule has 0 radical (unpaired) electrons. The number of rotatable bonds is 5. The molecule has 2 aromatic rings. The molecule has 30 heavy (non-hydrogen) atoms. The van der Waals surface area contributed by atoms with Gasteiger partial charge in [0.2, 0.25) is 0 Å². The molecular weight excluding hydrogens is 376 g/mol. The van der Waals surface area contributed by atoms with E-state index in [0.717, 1.165) is 34.7 Å². The third kappa shape index (κ3) is 2.51. The van der Waals surface area contributed by atoms with Gasteiger partial charge in [-0.1, -0.05) is 42.5 Å². The third-order valence-electron chi connectivity index (χ3n) is 7.28. The molecule has 5 nitrogen and oxygen atoms in total. The molecule has 2 amide bonds. The summed E-state index contributed by atoms with van der Waals surface area (Å²) in [6.45, 7) is 0.506. The van der Waals surface area contributed by atoms with Crippen molar-refractivity contribution in [1.29, 1.82) is 0 Å². The second-order valence-electron chi connectivity index (χ2n) is 8.80. The zero-order chi connectivity index (χ0) is 20.3. The van der Waals surface area contributed by atoms with Crippen LogP contribution >= 0.6 is 0 Å². The SMILES string of the molecule is O=C1C2C(C(=O)N1N=Cc1ccc(OCc3ccccc3)cc1)C1C=CC2C12CC2. The van der Waals surface area contributed by atoms with E-state index in [9.17, 15) is 9.59 Å². The molecule has 2 bridgehead atoms. The van der Waals surface area contributed by atoms with Crippen molar-refractivity contribution in [2.24, 2.45) is 34.2 Å². The summed E-state index contributed by atoms with van der Waals surface area (Å²) in [6, 6.07) is 17.5. The van der Waals surface area contributed by atoms with Crippen LogP contribution in [0, 0.1) is 29.1 Å². The minimum Gasteiger partial charge on any atom is -0.489 e. The number of imide groups is 1. The van der Waals surface area contributed by atoms with Crippen LogP contribution in [0.25, 0.3) is 0 Å². The molecule has 2 aromatic carbocycles. The lowest BCUT2D eigenvalue weighted by Gasteiger charge is -2.18. The molecule has 3 aliphatic carbocycles. The Morgan fingerprint density at radius 1 is 0.933 bits per heavy atom. The van der Waals surface area contributed by atoms with Crippen molar-refractivity contribution in [1.82, 2.24) is 5.01 Å². The summed E-state index contributed by atoms with van der Waals surface area (Å²) in [4.78, 5) is 25.9. The van der Waals surface area contributed by atoms with E-state index in [0.29, 0.717) is 6.61 Å². The fourth-order valence-electron chi connectivity index (χ4n) is 5.69. The molecule has 2 saturated carbocycles. The quantitative estimate of drug-likeness (QED) is 0.437. The van der Waals surface area contributed by atoms with Crippen LogP contribution < -0.4 is 4.74 Å². The van der Waals surface area contributed by atoms with Crippen LogP contribution in [0.3, 0.4) is 0 Å². The highest BCUT2D eigenvalue weighted by Gasteiger charge is 2.73. The first kappa shape index (κ1) is 17.6. The van der Waals surface area contributed by atoms with E-state index in [1.54, 1.807) is 6.21 Å². The number of hydrogen-bond donors (Lipinski definition) is 0. The van der Waals surface area contributed by atoms with Crippen molar-refractivity contribution >= 4 is 18.0 Å². The van der Waals surface area contributed by atoms with E-state index in [4.69, 9.17) is 4.74 Å². The first-order valence-electron chi connectivity index (χ1n) is 10.5. The number of amides is 2. The molecule has 0 N–H and O–H groups in total. The molecule has 0 aromatic heterocycles. The van der Waals surface area contributed by atoms with Gasteiger partial charge >= 0.3 is 0 Å². The highest BCUT2D eigenvalue weighted by Crippen LogP contribution is 2.73. The molecule has 3 fully saturated rings. The predicted octanol–water partition coefficient (Wildman–Crippen LogP) is 3.80. The Labute approximate surface area is 175 Å². The van der Waals surface area contributed by atoms with E-state index >= 15 is 0 Å². The zero-order valence-corrected chi connectivity index (χ0v) is 16.5. The van der Waals surface area contributed by atoms with Crippen molar-refractivity contribution in [2.45, 2.75) is 19.4 Å². The van der Waals surface area contributed by atoms with Crippen LogP contribution in [0.4, 0.5) is 0 Å². The van der Waals surface area contributed by atoms with Gasteiger partial charge in [-0.05, 0) is 65.5 Å². The van der Waals surface area contributed by atoms with Gasteiger partial charge in [0.25, 0.3) is 11.8 Å². The second kappa shape index (κ2) is 6.39. The third-order valence-corrected chi connectivity index (χ3v) is 7.28. The van der Waals surface area contributed by atoms with Gasteiger partial charge in [0, 0.05) is 0 Å². The number of allylic oxidation sites excluding steroid dienone is 2. The number of carbonyl (C=O) groups excluding carboxylic acids is 2. The van der Waals surface area contributed by atoms with E-state index in [1.807, 2.05) is 54.6 Å². The molecule has 5 heteroatoms. The number of carbonyl (C=O) groups is 2. The Hall–Kier alpha value is -3.21. The summed E-state index contributed by atoms with van der Waals surface area (Å²) in [5, 5.41) is 5.38. The molecule has 150 valence electrons. The van der Waals surface area contributed by atoms with E-state index in [-0.39, 0.29) is 40.9 Å². The van der Waals surface area contributed by atoms with Crippen LogP contribution in [0.1, 0.15) is 24.0 Å². The molecule has 1 heterocycles. The number of hydrazone groups is 1. The minimum absolute atomic E-state index is 0.132. The average Bonchev–Trinajstić information content (AvgIpc) is 3.38. The summed E-state index contributed by atoms with van der Waals surface area (Å²) < 4.78 is 5.80. The van der Waals surface area contributed by atoms with Crippen molar-refractivity contribution in [3.8, 4) is 5.75 Å². The Balaban J connectivity index is 1.13.